The predicted molar refractivity (Wildman–Crippen MR) is 379 cm³/mol. The van der Waals surface area contributed by atoms with E-state index in [4.69, 9.17) is 9.47 Å². The van der Waals surface area contributed by atoms with Crippen LogP contribution in [0.3, 0.4) is 0 Å². The quantitative estimate of drug-likeness (QED) is 0.133. The number of carbonyl (C=O) groups excluding carboxylic acids is 11. The lowest BCUT2D eigenvalue weighted by Gasteiger charge is -2.41. The first-order valence-corrected chi connectivity index (χ1v) is 35.8. The molecular formula is C73H117N11O13S. The first-order chi connectivity index (χ1) is 45.7. The molecular weight excluding hydrogens is 1270 g/mol. The third-order valence-corrected chi connectivity index (χ3v) is 19.6. The molecule has 0 radical (unpaired) electrons. The molecule has 0 unspecified atom stereocenters. The van der Waals surface area contributed by atoms with Crippen LogP contribution < -0.4 is 26.0 Å². The van der Waals surface area contributed by atoms with Crippen LogP contribution in [0.2, 0.25) is 0 Å². The molecule has 2 aliphatic rings. The molecule has 98 heavy (non-hydrogen) atoms. The summed E-state index contributed by atoms with van der Waals surface area (Å²) in [7, 11) is 10.2. The molecule has 2 heterocycles. The van der Waals surface area contributed by atoms with E-state index in [9.17, 15) is 33.6 Å². The minimum Gasteiger partial charge on any atom is -0.489 e. The van der Waals surface area contributed by atoms with E-state index in [1.807, 2.05) is 117 Å². The van der Waals surface area contributed by atoms with Gasteiger partial charge in [-0.2, -0.15) is 0 Å². The number of rotatable bonds is 17. The molecule has 2 aromatic rings. The van der Waals surface area contributed by atoms with Gasteiger partial charge in [-0.1, -0.05) is 145 Å². The van der Waals surface area contributed by atoms with Crippen LogP contribution in [-0.4, -0.2) is 227 Å². The highest BCUT2D eigenvalue weighted by Crippen LogP contribution is 2.40. The molecule has 2 fully saturated rings. The first-order valence-electron chi connectivity index (χ1n) is 34.9. The Morgan fingerprint density at radius 2 is 1.00 bits per heavy atom. The zero-order valence-electron chi connectivity index (χ0n) is 62.7. The third kappa shape index (κ3) is 22.6. The molecule has 548 valence electrons. The molecule has 0 spiro atoms. The van der Waals surface area contributed by atoms with Crippen molar-refractivity contribution in [2.24, 2.45) is 41.4 Å². The predicted octanol–water partition coefficient (Wildman–Crippen LogP) is 6.43. The van der Waals surface area contributed by atoms with Crippen LogP contribution in [0.1, 0.15) is 155 Å². The minimum atomic E-state index is -1.41. The van der Waals surface area contributed by atoms with Gasteiger partial charge in [-0.05, 0) is 118 Å². The summed E-state index contributed by atoms with van der Waals surface area (Å²) in [5.41, 5.74) is 0.475. The van der Waals surface area contributed by atoms with Crippen LogP contribution in [0, 0.1) is 41.4 Å². The van der Waals surface area contributed by atoms with Gasteiger partial charge in [0.1, 0.15) is 78.2 Å². The van der Waals surface area contributed by atoms with Crippen molar-refractivity contribution >= 4 is 76.7 Å². The molecule has 0 bridgehead atoms. The first kappa shape index (κ1) is 83.1. The van der Waals surface area contributed by atoms with Crippen molar-refractivity contribution < 1.29 is 62.2 Å². The molecule has 2 aromatic carbocycles. The molecule has 0 aromatic heterocycles. The number of amides is 11. The number of hydrogen-bond acceptors (Lipinski definition) is 14. The highest BCUT2D eigenvalue weighted by molar-refractivity contribution is 7.99. The summed E-state index contributed by atoms with van der Waals surface area (Å²) in [5.74, 6) is -8.49. The van der Waals surface area contributed by atoms with Crippen LogP contribution in [0.4, 0.5) is 0 Å². The van der Waals surface area contributed by atoms with Gasteiger partial charge in [-0.3, -0.25) is 52.7 Å². The van der Waals surface area contributed by atoms with Crippen molar-refractivity contribution in [3.8, 4) is 5.75 Å². The maximum atomic E-state index is 15.7. The lowest BCUT2D eigenvalue weighted by Crippen LogP contribution is -2.63. The van der Waals surface area contributed by atoms with Crippen molar-refractivity contribution in [3.63, 3.8) is 0 Å². The Morgan fingerprint density at radius 3 is 1.53 bits per heavy atom. The maximum absolute atomic E-state index is 15.7. The maximum Gasteiger partial charge on any atom is 0.246 e. The van der Waals surface area contributed by atoms with Crippen molar-refractivity contribution in [2.75, 3.05) is 55.9 Å². The number of thioether (sulfide) groups is 1. The summed E-state index contributed by atoms with van der Waals surface area (Å²) < 4.78 is 13.0. The highest BCUT2D eigenvalue weighted by Gasteiger charge is 2.49. The molecule has 4 N–H and O–H groups in total. The molecule has 13 atom stereocenters. The van der Waals surface area contributed by atoms with E-state index in [0.717, 1.165) is 15.4 Å². The van der Waals surface area contributed by atoms with E-state index in [2.05, 4.69) is 21.3 Å². The smallest absolute Gasteiger partial charge is 0.246 e. The second-order valence-electron chi connectivity index (χ2n) is 29.4. The molecule has 0 aliphatic carbocycles. The van der Waals surface area contributed by atoms with Crippen LogP contribution in [-0.2, 0) is 64.1 Å². The van der Waals surface area contributed by atoms with E-state index in [1.165, 1.54) is 104 Å². The Morgan fingerprint density at radius 1 is 0.500 bits per heavy atom. The topological polar surface area (TPSA) is 277 Å². The zero-order valence-corrected chi connectivity index (χ0v) is 63.5. The third-order valence-electron chi connectivity index (χ3n) is 18.5. The van der Waals surface area contributed by atoms with Crippen LogP contribution in [0.25, 0.3) is 0 Å². The Kier molecular flexibility index (Phi) is 32.1. The lowest BCUT2D eigenvalue weighted by atomic mass is 9.93. The van der Waals surface area contributed by atoms with Crippen molar-refractivity contribution in [1.29, 1.82) is 0 Å². The molecule has 11 amide bonds. The Balaban J connectivity index is 1.89. The van der Waals surface area contributed by atoms with Crippen LogP contribution >= 0.6 is 11.8 Å². The van der Waals surface area contributed by atoms with Gasteiger partial charge in [0.15, 0.2) is 0 Å². The molecule has 2 saturated heterocycles. The molecule has 2 aliphatic heterocycles. The van der Waals surface area contributed by atoms with Crippen LogP contribution in [0.15, 0.2) is 59.5 Å². The fourth-order valence-electron chi connectivity index (χ4n) is 12.7. The lowest BCUT2D eigenvalue weighted by molar-refractivity contribution is -0.157. The summed E-state index contributed by atoms with van der Waals surface area (Å²) >= 11 is 1.43. The summed E-state index contributed by atoms with van der Waals surface area (Å²) in [6.45, 7) is 28.4. The SMILES string of the molecule is CC[C@@H]1NC(=O)[C@H]([C@@H]2O[C@@H](Sc3cccc(OCc4ccccc4)c3)C[C@H]2C)N(C)C(=O)[C@H](C(C)C)N(C)C(=O)[C@H](CC(C)C)N(C)C(=O)[C@H](CC(C)C)N(C)C(=O)[C@@H](C)NC(=O)[C@H](C)NC(=O)[C@H](CC(C)C)N(C)C(=O)[C@H](C(C)C)NC(=O)[C@H](CC(C)C)N(C)C(=O)CN(C)C1=O. The second-order valence-corrected chi connectivity index (χ2v) is 30.7. The number of carbonyl (C=O) groups is 11. The number of ether oxygens (including phenoxy) is 2. The molecule has 0 saturated carbocycles. The fourth-order valence-corrected chi connectivity index (χ4v) is 13.9. The fraction of sp³-hybridized carbons (Fsp3) is 0.685. The molecule has 4 rings (SSSR count). The van der Waals surface area contributed by atoms with Gasteiger partial charge in [0.2, 0.25) is 65.0 Å². The normalized spacial score (nSPS) is 27.1. The largest absolute Gasteiger partial charge is 0.489 e. The number of nitrogens with one attached hydrogen (secondary N) is 4. The number of benzene rings is 2. The van der Waals surface area contributed by atoms with Gasteiger partial charge in [-0.15, -0.1) is 0 Å². The van der Waals surface area contributed by atoms with Gasteiger partial charge >= 0.3 is 0 Å². The Hall–Kier alpha value is -7.28. The monoisotopic (exact) mass is 1390 g/mol. The summed E-state index contributed by atoms with van der Waals surface area (Å²) in [6.07, 6.45) is 0.155. The van der Waals surface area contributed by atoms with E-state index < -0.39 is 155 Å². The number of nitrogens with zero attached hydrogens (tertiary/aromatic N) is 7. The number of likely N-dealkylation sites (N-methyl/N-ethyl adjacent to an activating group) is 7. The molecule has 25 heteroatoms. The second kappa shape index (κ2) is 37.8. The van der Waals surface area contributed by atoms with Crippen molar-refractivity contribution in [3.05, 3.63) is 60.2 Å². The number of hydrogen-bond donors (Lipinski definition) is 4. The van der Waals surface area contributed by atoms with Gasteiger partial charge in [0.25, 0.3) is 0 Å². The average molecular weight is 1390 g/mol. The summed E-state index contributed by atoms with van der Waals surface area (Å²) in [5, 5.41) is 11.2. The average Bonchev–Trinajstić information content (AvgIpc) is 1.39. The summed E-state index contributed by atoms with van der Waals surface area (Å²) in [4.78, 5) is 173. The highest BCUT2D eigenvalue weighted by atomic mass is 32.2. The summed E-state index contributed by atoms with van der Waals surface area (Å²) in [6, 6.07) is 5.26. The Labute approximate surface area is 587 Å². The van der Waals surface area contributed by atoms with E-state index in [0.29, 0.717) is 18.8 Å². The standard InChI is InChI=1S/C73H117N11O13S/c1-24-53-69(91)78(17)39-58(85)79(18)54(33-41(2)3)66(88)77-60(45(10)11)72(94)80(19)55(34-42(4)5)65(87)74-48(15)64(86)75-49(16)68(90)81(20)56(35-43(6)7)70(92)82(21)57(36-44(8)9)71(93)83(22)61(46(12)13)73(95)84(23)62(67(89)76-53)63-47(14)37-59(97-63)98-52-32-28-31-51(38-52)96-40-50-29-26-25-27-30-50/h25-32,38,41-49,53-57,59-63H,24,33-37,39-40H2,1-23H3,(H,74,87)(H,75,86)(H,76,89)(H,77,88)/t47-,48+,49-,53+,54+,55+,56+,57+,59+,60+,61+,62+,63-/m1/s1. The van der Waals surface area contributed by atoms with E-state index in [-0.39, 0.29) is 61.7 Å². The van der Waals surface area contributed by atoms with E-state index in [1.54, 1.807) is 34.6 Å². The van der Waals surface area contributed by atoms with Gasteiger partial charge in [-0.25, -0.2) is 0 Å². The van der Waals surface area contributed by atoms with Gasteiger partial charge < -0.3 is 65.0 Å². The zero-order chi connectivity index (χ0) is 74.1. The van der Waals surface area contributed by atoms with Crippen molar-refractivity contribution in [1.82, 2.24) is 55.6 Å². The van der Waals surface area contributed by atoms with Crippen molar-refractivity contribution in [2.45, 2.75) is 233 Å². The minimum absolute atomic E-state index is 0.0487. The van der Waals surface area contributed by atoms with Crippen LogP contribution in [0.5, 0.6) is 5.75 Å². The van der Waals surface area contributed by atoms with Gasteiger partial charge in [0.05, 0.1) is 12.6 Å². The Bertz CT molecular complexity index is 3060. The van der Waals surface area contributed by atoms with E-state index >= 15 is 19.2 Å². The molecule has 24 nitrogen and oxygen atoms in total. The van der Waals surface area contributed by atoms with Gasteiger partial charge in [0, 0.05) is 54.2 Å².